The summed E-state index contributed by atoms with van der Waals surface area (Å²) in [5, 5.41) is 7.83. The second kappa shape index (κ2) is 3.81. The second-order valence-corrected chi connectivity index (χ2v) is 5.12. The zero-order valence-corrected chi connectivity index (χ0v) is 9.59. The van der Waals surface area contributed by atoms with Crippen molar-refractivity contribution in [3.63, 3.8) is 0 Å². The minimum Gasteiger partial charge on any atom is -0.310 e. The molecule has 0 radical (unpaired) electrons. The van der Waals surface area contributed by atoms with Crippen molar-refractivity contribution >= 4 is 5.71 Å². The van der Waals surface area contributed by atoms with Crippen molar-refractivity contribution in [3.8, 4) is 0 Å². The fourth-order valence-corrected chi connectivity index (χ4v) is 2.99. The second-order valence-electron chi connectivity index (χ2n) is 5.12. The lowest BCUT2D eigenvalue weighted by Crippen LogP contribution is -2.39. The fourth-order valence-electron chi connectivity index (χ4n) is 2.99. The maximum Gasteiger partial charge on any atom is 0.00946 e. The molecule has 0 spiro atoms. The molecule has 4 atom stereocenters. The highest BCUT2D eigenvalue weighted by molar-refractivity contribution is 5.81. The Labute approximate surface area is 82.4 Å². The maximum atomic E-state index is 7.83. The van der Waals surface area contributed by atoms with Crippen molar-refractivity contribution < 1.29 is 0 Å². The third-order valence-electron chi connectivity index (χ3n) is 4.17. The number of hydrogen-bond acceptors (Lipinski definition) is 1. The standard InChI is InChI=1S/C12H23N/c1-7-6-8(2)10(4)12(9(7)3)11(5)13/h7-10,12-13H,6H2,1-5H3. The summed E-state index contributed by atoms with van der Waals surface area (Å²) in [6.45, 7) is 11.3. The Bertz CT molecular complexity index is 183. The van der Waals surface area contributed by atoms with Gasteiger partial charge in [-0.3, -0.25) is 0 Å². The van der Waals surface area contributed by atoms with Crippen LogP contribution in [-0.2, 0) is 0 Å². The van der Waals surface area contributed by atoms with Gasteiger partial charge in [-0.2, -0.15) is 0 Å². The van der Waals surface area contributed by atoms with Crippen molar-refractivity contribution in [2.75, 3.05) is 0 Å². The maximum absolute atomic E-state index is 7.83. The largest absolute Gasteiger partial charge is 0.310 e. The Kier molecular flexibility index (Phi) is 3.15. The van der Waals surface area contributed by atoms with Crippen molar-refractivity contribution in [2.45, 2.75) is 41.0 Å². The highest BCUT2D eigenvalue weighted by Gasteiger charge is 2.37. The molecule has 1 nitrogen and oxygen atoms in total. The minimum atomic E-state index is 0.527. The third-order valence-corrected chi connectivity index (χ3v) is 4.17. The molecule has 76 valence electrons. The molecular formula is C12H23N. The van der Waals surface area contributed by atoms with E-state index in [0.717, 1.165) is 17.5 Å². The van der Waals surface area contributed by atoms with Crippen LogP contribution in [0.15, 0.2) is 0 Å². The van der Waals surface area contributed by atoms with Crippen molar-refractivity contribution in [1.82, 2.24) is 0 Å². The first-order valence-corrected chi connectivity index (χ1v) is 5.50. The summed E-state index contributed by atoms with van der Waals surface area (Å²) in [5.41, 5.74) is 0.887. The molecule has 0 aromatic heterocycles. The lowest BCUT2D eigenvalue weighted by molar-refractivity contribution is 0.115. The smallest absolute Gasteiger partial charge is 0.00946 e. The van der Waals surface area contributed by atoms with Gasteiger partial charge in [0.05, 0.1) is 0 Å². The molecule has 4 unspecified atom stereocenters. The topological polar surface area (TPSA) is 23.9 Å². The van der Waals surface area contributed by atoms with Crippen LogP contribution in [0.3, 0.4) is 0 Å². The normalized spacial score (nSPS) is 46.1. The van der Waals surface area contributed by atoms with Gasteiger partial charge in [-0.25, -0.2) is 0 Å². The molecule has 1 fully saturated rings. The first kappa shape index (κ1) is 10.7. The van der Waals surface area contributed by atoms with Gasteiger partial charge in [-0.1, -0.05) is 27.7 Å². The van der Waals surface area contributed by atoms with E-state index in [0.29, 0.717) is 17.8 Å². The fraction of sp³-hybridized carbons (Fsp3) is 0.917. The highest BCUT2D eigenvalue weighted by atomic mass is 14.5. The van der Waals surface area contributed by atoms with Crippen LogP contribution in [0.2, 0.25) is 0 Å². The summed E-state index contributed by atoms with van der Waals surface area (Å²) in [4.78, 5) is 0. The van der Waals surface area contributed by atoms with E-state index in [-0.39, 0.29) is 0 Å². The van der Waals surface area contributed by atoms with Crippen LogP contribution in [0.4, 0.5) is 0 Å². The van der Waals surface area contributed by atoms with Crippen LogP contribution in [0, 0.1) is 35.0 Å². The van der Waals surface area contributed by atoms with Gasteiger partial charge in [0.15, 0.2) is 0 Å². The van der Waals surface area contributed by atoms with E-state index in [9.17, 15) is 0 Å². The van der Waals surface area contributed by atoms with Gasteiger partial charge in [-0.15, -0.1) is 0 Å². The molecule has 1 rings (SSSR count). The van der Waals surface area contributed by atoms with E-state index in [1.165, 1.54) is 6.42 Å². The molecule has 1 aliphatic carbocycles. The van der Waals surface area contributed by atoms with Gasteiger partial charge >= 0.3 is 0 Å². The highest BCUT2D eigenvalue weighted by Crippen LogP contribution is 2.42. The van der Waals surface area contributed by atoms with Gasteiger partial charge in [0.25, 0.3) is 0 Å². The zero-order valence-electron chi connectivity index (χ0n) is 9.59. The summed E-state index contributed by atoms with van der Waals surface area (Å²) < 4.78 is 0. The Morgan fingerprint density at radius 3 is 1.69 bits per heavy atom. The molecule has 0 saturated heterocycles. The molecular weight excluding hydrogens is 158 g/mol. The van der Waals surface area contributed by atoms with E-state index in [1.807, 2.05) is 6.92 Å². The Morgan fingerprint density at radius 1 is 1.00 bits per heavy atom. The summed E-state index contributed by atoms with van der Waals surface area (Å²) >= 11 is 0. The molecule has 0 aromatic carbocycles. The molecule has 0 bridgehead atoms. The number of rotatable bonds is 1. The summed E-state index contributed by atoms with van der Waals surface area (Å²) in [7, 11) is 0. The molecule has 0 heterocycles. The molecule has 13 heavy (non-hydrogen) atoms. The van der Waals surface area contributed by atoms with E-state index < -0.39 is 0 Å². The summed E-state index contributed by atoms with van der Waals surface area (Å²) in [6.07, 6.45) is 1.34. The first-order chi connectivity index (χ1) is 5.95. The lowest BCUT2D eigenvalue weighted by atomic mass is 9.63. The van der Waals surface area contributed by atoms with Crippen molar-refractivity contribution in [2.24, 2.45) is 29.6 Å². The van der Waals surface area contributed by atoms with Crippen LogP contribution in [0.25, 0.3) is 0 Å². The predicted molar refractivity (Wildman–Crippen MR) is 58.2 cm³/mol. The van der Waals surface area contributed by atoms with Crippen LogP contribution < -0.4 is 0 Å². The van der Waals surface area contributed by atoms with E-state index in [4.69, 9.17) is 5.41 Å². The van der Waals surface area contributed by atoms with Crippen molar-refractivity contribution in [1.29, 1.82) is 5.41 Å². The molecule has 1 heteroatoms. The Balaban J connectivity index is 2.82. The van der Waals surface area contributed by atoms with Crippen molar-refractivity contribution in [3.05, 3.63) is 0 Å². The van der Waals surface area contributed by atoms with Gasteiger partial charge in [0.1, 0.15) is 0 Å². The summed E-state index contributed by atoms with van der Waals surface area (Å²) in [5.74, 6) is 3.50. The van der Waals surface area contributed by atoms with Crippen LogP contribution in [-0.4, -0.2) is 5.71 Å². The molecule has 0 aliphatic heterocycles. The van der Waals surface area contributed by atoms with Gasteiger partial charge < -0.3 is 5.41 Å². The Morgan fingerprint density at radius 2 is 1.38 bits per heavy atom. The molecule has 1 saturated carbocycles. The molecule has 1 N–H and O–H groups in total. The SMILES string of the molecule is CC(=N)C1C(C)C(C)CC(C)C1C. The average Bonchev–Trinajstić information content (AvgIpc) is 2.01. The van der Waals surface area contributed by atoms with Crippen LogP contribution in [0.1, 0.15) is 41.0 Å². The molecule has 1 aliphatic rings. The molecule has 0 aromatic rings. The minimum absolute atomic E-state index is 0.527. The third kappa shape index (κ3) is 1.95. The van der Waals surface area contributed by atoms with E-state index in [1.54, 1.807) is 0 Å². The predicted octanol–water partition coefficient (Wildman–Crippen LogP) is 3.59. The zero-order chi connectivity index (χ0) is 10.2. The molecule has 0 amide bonds. The van der Waals surface area contributed by atoms with E-state index >= 15 is 0 Å². The van der Waals surface area contributed by atoms with Gasteiger partial charge in [0, 0.05) is 11.6 Å². The average molecular weight is 181 g/mol. The van der Waals surface area contributed by atoms with Crippen LogP contribution >= 0.6 is 0 Å². The van der Waals surface area contributed by atoms with Crippen LogP contribution in [0.5, 0.6) is 0 Å². The van der Waals surface area contributed by atoms with Gasteiger partial charge in [0.2, 0.25) is 0 Å². The van der Waals surface area contributed by atoms with Gasteiger partial charge in [-0.05, 0) is 37.0 Å². The quantitative estimate of drug-likeness (QED) is 0.598. The first-order valence-electron chi connectivity index (χ1n) is 5.50. The summed E-state index contributed by atoms with van der Waals surface area (Å²) in [6, 6.07) is 0. The number of nitrogens with one attached hydrogen (secondary N) is 1. The lowest BCUT2D eigenvalue weighted by Gasteiger charge is -2.42. The van der Waals surface area contributed by atoms with E-state index in [2.05, 4.69) is 27.7 Å². The Hall–Kier alpha value is -0.330. The number of hydrogen-bond donors (Lipinski definition) is 1. The monoisotopic (exact) mass is 181 g/mol.